The van der Waals surface area contributed by atoms with E-state index in [2.05, 4.69) is 0 Å². The maximum atomic E-state index is 10.9. The molecule has 0 aliphatic heterocycles. The summed E-state index contributed by atoms with van der Waals surface area (Å²) in [6.45, 7) is 4.96. The predicted molar refractivity (Wildman–Crippen MR) is 72.8 cm³/mol. The van der Waals surface area contributed by atoms with Crippen molar-refractivity contribution in [2.75, 3.05) is 6.61 Å². The Kier molecular flexibility index (Phi) is 3.90. The van der Waals surface area contributed by atoms with Crippen LogP contribution in [0.4, 0.5) is 0 Å². The molecular weight excluding hydrogens is 242 g/mol. The number of rotatable bonds is 5. The van der Waals surface area contributed by atoms with Crippen LogP contribution in [-0.2, 0) is 6.54 Å². The second-order valence-electron chi connectivity index (χ2n) is 4.48. The molecule has 1 aromatic heterocycles. The second kappa shape index (κ2) is 5.61. The number of hydrogen-bond donors (Lipinski definition) is 1. The van der Waals surface area contributed by atoms with E-state index in [1.807, 2.05) is 35.8 Å². The summed E-state index contributed by atoms with van der Waals surface area (Å²) < 4.78 is 7.54. The Balaban J connectivity index is 1.94. The molecule has 0 aliphatic rings. The van der Waals surface area contributed by atoms with Crippen molar-refractivity contribution in [3.05, 3.63) is 53.3 Å². The zero-order chi connectivity index (χ0) is 13.8. The first kappa shape index (κ1) is 13.2. The highest BCUT2D eigenvalue weighted by atomic mass is 16.5. The summed E-state index contributed by atoms with van der Waals surface area (Å²) >= 11 is 0. The number of benzene rings is 1. The highest BCUT2D eigenvalue weighted by Crippen LogP contribution is 2.13. The van der Waals surface area contributed by atoms with Crippen molar-refractivity contribution in [2.45, 2.75) is 20.4 Å². The smallest absolute Gasteiger partial charge is 0.337 e. The molecule has 4 heteroatoms. The minimum absolute atomic E-state index is 0.343. The predicted octanol–water partition coefficient (Wildman–Crippen LogP) is 2.88. The van der Waals surface area contributed by atoms with E-state index < -0.39 is 5.97 Å². The van der Waals surface area contributed by atoms with Crippen LogP contribution in [-0.4, -0.2) is 22.2 Å². The van der Waals surface area contributed by atoms with E-state index in [1.54, 1.807) is 19.2 Å². The maximum Gasteiger partial charge on any atom is 0.337 e. The van der Waals surface area contributed by atoms with Gasteiger partial charge in [0.1, 0.15) is 12.4 Å². The molecular formula is C15H17NO3. The third-order valence-corrected chi connectivity index (χ3v) is 3.06. The SMILES string of the molecule is Cc1cccc(OCCn2ccc(C(=O)O)c2C)c1. The molecule has 2 rings (SSSR count). The zero-order valence-electron chi connectivity index (χ0n) is 11.1. The Morgan fingerprint density at radius 1 is 1.32 bits per heavy atom. The Bertz CT molecular complexity index is 587. The lowest BCUT2D eigenvalue weighted by molar-refractivity contribution is 0.0696. The minimum Gasteiger partial charge on any atom is -0.492 e. The minimum atomic E-state index is -0.893. The van der Waals surface area contributed by atoms with Gasteiger partial charge in [-0.15, -0.1) is 0 Å². The number of aryl methyl sites for hydroxylation is 1. The fourth-order valence-corrected chi connectivity index (χ4v) is 1.99. The molecule has 4 nitrogen and oxygen atoms in total. The summed E-state index contributed by atoms with van der Waals surface area (Å²) in [5.74, 6) is -0.0564. The van der Waals surface area contributed by atoms with Crippen LogP contribution in [0.5, 0.6) is 5.75 Å². The van der Waals surface area contributed by atoms with Crippen LogP contribution in [0.15, 0.2) is 36.5 Å². The highest BCUT2D eigenvalue weighted by molar-refractivity contribution is 5.88. The Morgan fingerprint density at radius 3 is 2.74 bits per heavy atom. The molecule has 1 heterocycles. The van der Waals surface area contributed by atoms with Gasteiger partial charge in [-0.1, -0.05) is 12.1 Å². The molecule has 19 heavy (non-hydrogen) atoms. The molecule has 0 saturated heterocycles. The van der Waals surface area contributed by atoms with Gasteiger partial charge in [-0.3, -0.25) is 0 Å². The van der Waals surface area contributed by atoms with Crippen LogP contribution in [0.1, 0.15) is 21.6 Å². The average Bonchev–Trinajstić information content (AvgIpc) is 2.71. The summed E-state index contributed by atoms with van der Waals surface area (Å²) in [7, 11) is 0. The van der Waals surface area contributed by atoms with Gasteiger partial charge in [0.2, 0.25) is 0 Å². The number of ether oxygens (including phenoxy) is 1. The number of aromatic carboxylic acids is 1. The normalized spacial score (nSPS) is 10.4. The molecule has 2 aromatic rings. The molecule has 0 unspecified atom stereocenters. The fourth-order valence-electron chi connectivity index (χ4n) is 1.99. The first-order valence-corrected chi connectivity index (χ1v) is 6.16. The molecule has 0 spiro atoms. The first-order chi connectivity index (χ1) is 9.08. The lowest BCUT2D eigenvalue weighted by Crippen LogP contribution is -2.09. The van der Waals surface area contributed by atoms with Crippen molar-refractivity contribution in [3.63, 3.8) is 0 Å². The number of nitrogens with zero attached hydrogens (tertiary/aromatic N) is 1. The van der Waals surface area contributed by atoms with Crippen molar-refractivity contribution in [1.82, 2.24) is 4.57 Å². The molecule has 0 amide bonds. The van der Waals surface area contributed by atoms with Crippen LogP contribution in [0.3, 0.4) is 0 Å². The van der Waals surface area contributed by atoms with E-state index in [-0.39, 0.29) is 0 Å². The zero-order valence-corrected chi connectivity index (χ0v) is 11.1. The van der Waals surface area contributed by atoms with Gasteiger partial charge in [0, 0.05) is 11.9 Å². The summed E-state index contributed by atoms with van der Waals surface area (Å²) in [6, 6.07) is 9.48. The number of carbonyl (C=O) groups is 1. The van der Waals surface area contributed by atoms with Crippen molar-refractivity contribution in [3.8, 4) is 5.75 Å². The Morgan fingerprint density at radius 2 is 2.11 bits per heavy atom. The van der Waals surface area contributed by atoms with Gasteiger partial charge in [-0.2, -0.15) is 0 Å². The van der Waals surface area contributed by atoms with Crippen molar-refractivity contribution < 1.29 is 14.6 Å². The molecule has 1 N–H and O–H groups in total. The molecule has 1 aromatic carbocycles. The second-order valence-corrected chi connectivity index (χ2v) is 4.48. The number of carboxylic acid groups (broad SMARTS) is 1. The number of aromatic nitrogens is 1. The van der Waals surface area contributed by atoms with Gasteiger partial charge in [0.15, 0.2) is 0 Å². The Hall–Kier alpha value is -2.23. The molecule has 0 fully saturated rings. The van der Waals surface area contributed by atoms with Crippen molar-refractivity contribution in [1.29, 1.82) is 0 Å². The first-order valence-electron chi connectivity index (χ1n) is 6.16. The van der Waals surface area contributed by atoms with Crippen LogP contribution >= 0.6 is 0 Å². The number of carboxylic acids is 1. The summed E-state index contributed by atoms with van der Waals surface area (Å²) in [5, 5.41) is 8.97. The van der Waals surface area contributed by atoms with E-state index in [0.29, 0.717) is 18.7 Å². The third-order valence-electron chi connectivity index (χ3n) is 3.06. The lowest BCUT2D eigenvalue weighted by atomic mass is 10.2. The van der Waals surface area contributed by atoms with Crippen LogP contribution in [0, 0.1) is 13.8 Å². The third kappa shape index (κ3) is 3.16. The molecule has 0 aliphatic carbocycles. The molecule has 100 valence electrons. The molecule has 0 radical (unpaired) electrons. The largest absolute Gasteiger partial charge is 0.492 e. The fraction of sp³-hybridized carbons (Fsp3) is 0.267. The molecule has 0 bridgehead atoms. The molecule has 0 atom stereocenters. The molecule has 0 saturated carbocycles. The Labute approximate surface area is 112 Å². The van der Waals surface area contributed by atoms with Gasteiger partial charge in [0.25, 0.3) is 0 Å². The van der Waals surface area contributed by atoms with Gasteiger partial charge in [-0.05, 0) is 37.6 Å². The average molecular weight is 259 g/mol. The number of hydrogen-bond acceptors (Lipinski definition) is 2. The monoisotopic (exact) mass is 259 g/mol. The van der Waals surface area contributed by atoms with E-state index >= 15 is 0 Å². The van der Waals surface area contributed by atoms with Gasteiger partial charge in [0.05, 0.1) is 12.1 Å². The summed E-state index contributed by atoms with van der Waals surface area (Å²) in [4.78, 5) is 10.9. The van der Waals surface area contributed by atoms with E-state index in [0.717, 1.165) is 17.0 Å². The van der Waals surface area contributed by atoms with E-state index in [4.69, 9.17) is 9.84 Å². The van der Waals surface area contributed by atoms with E-state index in [9.17, 15) is 4.79 Å². The van der Waals surface area contributed by atoms with Crippen LogP contribution in [0.25, 0.3) is 0 Å². The quantitative estimate of drug-likeness (QED) is 0.898. The van der Waals surface area contributed by atoms with Crippen molar-refractivity contribution >= 4 is 5.97 Å². The standard InChI is InChI=1S/C15H17NO3/c1-11-4-3-5-13(10-11)19-9-8-16-7-6-14(12(16)2)15(17)18/h3-7,10H,8-9H2,1-2H3,(H,17,18). The van der Waals surface area contributed by atoms with Gasteiger partial charge < -0.3 is 14.4 Å². The van der Waals surface area contributed by atoms with Crippen molar-refractivity contribution in [2.24, 2.45) is 0 Å². The summed E-state index contributed by atoms with van der Waals surface area (Å²) in [5.41, 5.74) is 2.25. The van der Waals surface area contributed by atoms with Crippen LogP contribution < -0.4 is 4.74 Å². The topological polar surface area (TPSA) is 51.5 Å². The summed E-state index contributed by atoms with van der Waals surface area (Å²) in [6.07, 6.45) is 1.78. The lowest BCUT2D eigenvalue weighted by Gasteiger charge is -2.09. The maximum absolute atomic E-state index is 10.9. The van der Waals surface area contributed by atoms with Gasteiger partial charge >= 0.3 is 5.97 Å². The highest BCUT2D eigenvalue weighted by Gasteiger charge is 2.10. The van der Waals surface area contributed by atoms with Crippen LogP contribution in [0.2, 0.25) is 0 Å². The van der Waals surface area contributed by atoms with Gasteiger partial charge in [-0.25, -0.2) is 4.79 Å². The van der Waals surface area contributed by atoms with E-state index in [1.165, 1.54) is 0 Å².